The molecule has 0 aliphatic carbocycles. The highest BCUT2D eigenvalue weighted by Gasteiger charge is 2.06. The topological polar surface area (TPSA) is 67.2 Å². The fourth-order valence-corrected chi connectivity index (χ4v) is 1.75. The molecule has 5 heteroatoms. The Kier molecular flexibility index (Phi) is 4.61. The fraction of sp³-hybridized carbons (Fsp3) is 0.364. The summed E-state index contributed by atoms with van der Waals surface area (Å²) in [6, 6.07) is 3.40. The Morgan fingerprint density at radius 1 is 1.50 bits per heavy atom. The first-order valence-corrected chi connectivity index (χ1v) is 5.94. The molecule has 1 aromatic rings. The van der Waals surface area contributed by atoms with E-state index in [4.69, 9.17) is 5.73 Å². The van der Waals surface area contributed by atoms with Gasteiger partial charge >= 0.3 is 6.03 Å². The highest BCUT2D eigenvalue weighted by atomic mass is 79.9. The summed E-state index contributed by atoms with van der Waals surface area (Å²) < 4.78 is 0.825. The molecule has 2 amide bonds. The van der Waals surface area contributed by atoms with Gasteiger partial charge in [0.05, 0.1) is 5.69 Å². The predicted molar refractivity (Wildman–Crippen MR) is 70.6 cm³/mol. The Morgan fingerprint density at radius 2 is 2.19 bits per heavy atom. The van der Waals surface area contributed by atoms with Crippen LogP contribution in [0.4, 0.5) is 16.2 Å². The summed E-state index contributed by atoms with van der Waals surface area (Å²) in [7, 11) is 0. The molecule has 1 aromatic carbocycles. The van der Waals surface area contributed by atoms with Gasteiger partial charge in [0.25, 0.3) is 0 Å². The van der Waals surface area contributed by atoms with Gasteiger partial charge in [0.1, 0.15) is 0 Å². The van der Waals surface area contributed by atoms with Crippen LogP contribution >= 0.6 is 15.9 Å². The van der Waals surface area contributed by atoms with Gasteiger partial charge in [-0.05, 0) is 47.0 Å². The predicted octanol–water partition coefficient (Wildman–Crippen LogP) is 2.87. The van der Waals surface area contributed by atoms with Crippen LogP contribution in [0.25, 0.3) is 0 Å². The van der Waals surface area contributed by atoms with E-state index < -0.39 is 0 Å². The molecule has 1 rings (SSSR count). The van der Waals surface area contributed by atoms with Crippen molar-refractivity contribution in [2.24, 2.45) is 0 Å². The van der Waals surface area contributed by atoms with Gasteiger partial charge in [-0.2, -0.15) is 0 Å². The number of nitrogens with one attached hydrogen (secondary N) is 2. The third-order valence-electron chi connectivity index (χ3n) is 2.14. The molecule has 4 nitrogen and oxygen atoms in total. The monoisotopic (exact) mass is 285 g/mol. The molecule has 0 aliphatic rings. The number of nitrogen functional groups attached to an aromatic ring is 1. The molecule has 0 radical (unpaired) electrons. The maximum absolute atomic E-state index is 11.4. The second kappa shape index (κ2) is 5.75. The third kappa shape index (κ3) is 3.41. The molecular formula is C11H16BrN3O. The fourth-order valence-electron chi connectivity index (χ4n) is 1.19. The summed E-state index contributed by atoms with van der Waals surface area (Å²) in [4.78, 5) is 11.4. The molecule has 0 fully saturated rings. The standard InChI is InChI=1S/C11H16BrN3O/c1-3-4-14-11(16)15-10-6-9(13)7(2)5-8(10)12/h5-6H,3-4,13H2,1-2H3,(H2,14,15,16). The highest BCUT2D eigenvalue weighted by Crippen LogP contribution is 2.27. The van der Waals surface area contributed by atoms with Gasteiger partial charge in [0.2, 0.25) is 0 Å². The lowest BCUT2D eigenvalue weighted by molar-refractivity contribution is 0.252. The Morgan fingerprint density at radius 3 is 2.81 bits per heavy atom. The van der Waals surface area contributed by atoms with E-state index in [2.05, 4.69) is 26.6 Å². The van der Waals surface area contributed by atoms with E-state index in [9.17, 15) is 4.79 Å². The van der Waals surface area contributed by atoms with Gasteiger partial charge in [0.15, 0.2) is 0 Å². The average Bonchev–Trinajstić information content (AvgIpc) is 2.23. The van der Waals surface area contributed by atoms with Crippen molar-refractivity contribution in [2.45, 2.75) is 20.3 Å². The van der Waals surface area contributed by atoms with E-state index in [0.29, 0.717) is 17.9 Å². The Labute approximate surface area is 104 Å². The number of hydrogen-bond donors (Lipinski definition) is 3. The molecule has 0 unspecified atom stereocenters. The minimum Gasteiger partial charge on any atom is -0.398 e. The lowest BCUT2D eigenvalue weighted by Gasteiger charge is -2.10. The molecule has 0 heterocycles. The van der Waals surface area contributed by atoms with Crippen molar-refractivity contribution in [1.29, 1.82) is 0 Å². The molecule has 0 aromatic heterocycles. The van der Waals surface area contributed by atoms with Gasteiger partial charge in [-0.1, -0.05) is 6.92 Å². The van der Waals surface area contributed by atoms with E-state index in [1.807, 2.05) is 19.9 Å². The maximum Gasteiger partial charge on any atom is 0.319 e. The quantitative estimate of drug-likeness (QED) is 0.748. The number of aryl methyl sites for hydroxylation is 1. The number of carbonyl (C=O) groups excluding carboxylic acids is 1. The normalized spacial score (nSPS) is 9.94. The van der Waals surface area contributed by atoms with Crippen LogP contribution in [0.5, 0.6) is 0 Å². The van der Waals surface area contributed by atoms with Gasteiger partial charge in [-0.25, -0.2) is 4.79 Å². The number of rotatable bonds is 3. The van der Waals surface area contributed by atoms with Crippen LogP contribution in [-0.4, -0.2) is 12.6 Å². The van der Waals surface area contributed by atoms with E-state index in [1.54, 1.807) is 6.07 Å². The number of hydrogen-bond acceptors (Lipinski definition) is 2. The molecule has 0 atom stereocenters. The van der Waals surface area contributed by atoms with Crippen molar-refractivity contribution in [3.63, 3.8) is 0 Å². The van der Waals surface area contributed by atoms with E-state index in [1.165, 1.54) is 0 Å². The highest BCUT2D eigenvalue weighted by molar-refractivity contribution is 9.10. The van der Waals surface area contributed by atoms with Gasteiger partial charge in [0, 0.05) is 16.7 Å². The van der Waals surface area contributed by atoms with Crippen molar-refractivity contribution in [2.75, 3.05) is 17.6 Å². The van der Waals surface area contributed by atoms with Crippen LogP contribution in [0.1, 0.15) is 18.9 Å². The molecule has 88 valence electrons. The lowest BCUT2D eigenvalue weighted by atomic mass is 10.2. The third-order valence-corrected chi connectivity index (χ3v) is 2.80. The Bertz CT molecular complexity index is 393. The first-order chi connectivity index (χ1) is 7.54. The van der Waals surface area contributed by atoms with Gasteiger partial charge < -0.3 is 16.4 Å². The van der Waals surface area contributed by atoms with Crippen LogP contribution in [0.2, 0.25) is 0 Å². The van der Waals surface area contributed by atoms with Gasteiger partial charge in [-0.15, -0.1) is 0 Å². The number of carbonyl (C=O) groups is 1. The minimum atomic E-state index is -0.217. The minimum absolute atomic E-state index is 0.217. The van der Waals surface area contributed by atoms with Crippen LogP contribution < -0.4 is 16.4 Å². The summed E-state index contributed by atoms with van der Waals surface area (Å²) in [6.07, 6.45) is 0.907. The Balaban J connectivity index is 2.73. The van der Waals surface area contributed by atoms with E-state index in [-0.39, 0.29) is 6.03 Å². The first-order valence-electron chi connectivity index (χ1n) is 5.15. The molecule has 0 saturated heterocycles. The second-order valence-electron chi connectivity index (χ2n) is 3.57. The summed E-state index contributed by atoms with van der Waals surface area (Å²) in [6.45, 7) is 4.58. The number of benzene rings is 1. The number of amides is 2. The van der Waals surface area contributed by atoms with Crippen molar-refractivity contribution in [3.05, 3.63) is 22.2 Å². The number of nitrogens with two attached hydrogens (primary N) is 1. The molecule has 4 N–H and O–H groups in total. The zero-order valence-electron chi connectivity index (χ0n) is 9.43. The number of anilines is 2. The van der Waals surface area contributed by atoms with E-state index in [0.717, 1.165) is 16.5 Å². The summed E-state index contributed by atoms with van der Waals surface area (Å²) in [5.74, 6) is 0. The van der Waals surface area contributed by atoms with Crippen molar-refractivity contribution in [1.82, 2.24) is 5.32 Å². The smallest absolute Gasteiger partial charge is 0.319 e. The van der Waals surface area contributed by atoms with E-state index >= 15 is 0 Å². The van der Waals surface area contributed by atoms with Gasteiger partial charge in [-0.3, -0.25) is 0 Å². The second-order valence-corrected chi connectivity index (χ2v) is 4.42. The molecular weight excluding hydrogens is 270 g/mol. The van der Waals surface area contributed by atoms with Crippen LogP contribution in [0.3, 0.4) is 0 Å². The molecule has 16 heavy (non-hydrogen) atoms. The SMILES string of the molecule is CCCNC(=O)Nc1cc(N)c(C)cc1Br. The van der Waals surface area contributed by atoms with Crippen LogP contribution in [0.15, 0.2) is 16.6 Å². The lowest BCUT2D eigenvalue weighted by Crippen LogP contribution is -2.29. The largest absolute Gasteiger partial charge is 0.398 e. The molecule has 0 bridgehead atoms. The Hall–Kier alpha value is -1.23. The maximum atomic E-state index is 11.4. The van der Waals surface area contributed by atoms with Crippen LogP contribution in [-0.2, 0) is 0 Å². The summed E-state index contributed by atoms with van der Waals surface area (Å²) >= 11 is 3.38. The first kappa shape index (κ1) is 12.8. The average molecular weight is 286 g/mol. The van der Waals surface area contributed by atoms with Crippen molar-refractivity contribution in [3.8, 4) is 0 Å². The van der Waals surface area contributed by atoms with Crippen molar-refractivity contribution < 1.29 is 4.79 Å². The summed E-state index contributed by atoms with van der Waals surface area (Å²) in [5.41, 5.74) is 8.09. The molecule has 0 aliphatic heterocycles. The van der Waals surface area contributed by atoms with Crippen LogP contribution in [0, 0.1) is 6.92 Å². The zero-order chi connectivity index (χ0) is 12.1. The molecule has 0 saturated carbocycles. The van der Waals surface area contributed by atoms with Crippen molar-refractivity contribution >= 4 is 33.3 Å². The number of urea groups is 1. The molecule has 0 spiro atoms. The zero-order valence-corrected chi connectivity index (χ0v) is 11.0. The number of halogens is 1. The summed E-state index contributed by atoms with van der Waals surface area (Å²) in [5, 5.41) is 5.47.